The molecular formula is C35H41N5O5. The third-order valence-electron chi connectivity index (χ3n) is 8.38. The number of carboxylic acid groups (broad SMARTS) is 1. The maximum absolute atomic E-state index is 12.8. The van der Waals surface area contributed by atoms with Crippen molar-refractivity contribution in [2.45, 2.75) is 77.8 Å². The van der Waals surface area contributed by atoms with E-state index in [2.05, 4.69) is 22.9 Å². The van der Waals surface area contributed by atoms with Gasteiger partial charge in [0.1, 0.15) is 17.7 Å². The van der Waals surface area contributed by atoms with Gasteiger partial charge in [-0.3, -0.25) is 4.98 Å². The number of pyridine rings is 1. The van der Waals surface area contributed by atoms with Crippen LogP contribution in [-0.4, -0.2) is 67.7 Å². The fraction of sp³-hybridized carbons (Fsp3) is 0.429. The molecule has 4 aromatic rings. The summed E-state index contributed by atoms with van der Waals surface area (Å²) < 4.78 is 20.7. The molecule has 10 heteroatoms. The Balaban J connectivity index is 1.55. The molecular weight excluding hydrogens is 570 g/mol. The van der Waals surface area contributed by atoms with Crippen LogP contribution < -0.4 is 9.64 Å². The zero-order valence-corrected chi connectivity index (χ0v) is 26.8. The largest absolute Gasteiger partial charge is 0.486 e. The van der Waals surface area contributed by atoms with E-state index in [-0.39, 0.29) is 11.7 Å². The number of rotatable bonds is 3. The standard InChI is InChI=1S/C35H41N5O5/c1-22-9-8-18-43-35(6)13-16-39(17-14-35)32-30(31(33(41)42)45-34(3,4)5)23(2)37-29-20-27(38-40(29)32)25-11-7-10-24(19-25)26-21-36-15-12-28(26)44-22/h7-12,15,19-22,31H,13-14,16-18H2,1-6H3,(H,41,42)/b9-8+/t22-,31+/m1/s1. The monoisotopic (exact) mass is 611 g/mol. The Labute approximate surface area is 263 Å². The minimum atomic E-state index is -1.23. The van der Waals surface area contributed by atoms with Gasteiger partial charge in [-0.15, -0.1) is 0 Å². The van der Waals surface area contributed by atoms with Crippen LogP contribution in [0.2, 0.25) is 0 Å². The first kappa shape index (κ1) is 30.7. The molecule has 3 aliphatic rings. The summed E-state index contributed by atoms with van der Waals surface area (Å²) in [6, 6.07) is 11.9. The lowest BCUT2D eigenvalue weighted by molar-refractivity contribution is -0.160. The van der Waals surface area contributed by atoms with Crippen molar-refractivity contribution in [1.29, 1.82) is 0 Å². The van der Waals surface area contributed by atoms with Crippen molar-refractivity contribution in [2.75, 3.05) is 24.6 Å². The number of fused-ring (bicyclic) bond motifs is 6. The first-order valence-electron chi connectivity index (χ1n) is 15.5. The molecule has 1 fully saturated rings. The zero-order chi connectivity index (χ0) is 31.9. The first-order chi connectivity index (χ1) is 21.4. The second-order valence-electron chi connectivity index (χ2n) is 13.1. The average molecular weight is 612 g/mol. The summed E-state index contributed by atoms with van der Waals surface area (Å²) in [5.41, 5.74) is 4.13. The number of hydrogen-bond acceptors (Lipinski definition) is 8. The first-order valence-corrected chi connectivity index (χ1v) is 15.5. The molecule has 0 amide bonds. The number of hydrogen-bond donors (Lipinski definition) is 1. The van der Waals surface area contributed by atoms with Crippen LogP contribution >= 0.6 is 0 Å². The van der Waals surface area contributed by atoms with E-state index in [1.54, 1.807) is 10.7 Å². The molecule has 45 heavy (non-hydrogen) atoms. The van der Waals surface area contributed by atoms with Crippen LogP contribution in [0.3, 0.4) is 0 Å². The van der Waals surface area contributed by atoms with E-state index < -0.39 is 17.7 Å². The molecule has 236 valence electrons. The second-order valence-corrected chi connectivity index (χ2v) is 13.1. The predicted molar refractivity (Wildman–Crippen MR) is 173 cm³/mol. The highest BCUT2D eigenvalue weighted by Gasteiger charge is 2.37. The summed E-state index contributed by atoms with van der Waals surface area (Å²) in [7, 11) is 0. The molecule has 0 radical (unpaired) electrons. The fourth-order valence-electron chi connectivity index (χ4n) is 6.07. The molecule has 6 heterocycles. The molecule has 0 saturated carbocycles. The van der Waals surface area contributed by atoms with Crippen molar-refractivity contribution in [3.8, 4) is 28.1 Å². The zero-order valence-electron chi connectivity index (χ0n) is 26.8. The van der Waals surface area contributed by atoms with Gasteiger partial charge >= 0.3 is 5.97 Å². The number of aryl methyl sites for hydroxylation is 1. The SMILES string of the molecule is Cc1nc2cc3nn2c(c1[C@H](OC(C)(C)C)C(=O)O)N1CCC(C)(CC1)OC/C=C/[C@@H](C)Oc1ccncc1-c1cccc-3c1. The summed E-state index contributed by atoms with van der Waals surface area (Å²) in [6.07, 6.45) is 7.68. The number of anilines is 1. The van der Waals surface area contributed by atoms with Gasteiger partial charge < -0.3 is 24.2 Å². The molecule has 3 aliphatic heterocycles. The molecule has 0 spiro atoms. The molecule has 7 rings (SSSR count). The predicted octanol–water partition coefficient (Wildman–Crippen LogP) is 6.42. The third kappa shape index (κ3) is 6.43. The van der Waals surface area contributed by atoms with Crippen molar-refractivity contribution in [2.24, 2.45) is 0 Å². The van der Waals surface area contributed by atoms with E-state index in [0.717, 1.165) is 41.0 Å². The van der Waals surface area contributed by atoms with Crippen LogP contribution in [0.1, 0.15) is 64.8 Å². The minimum Gasteiger partial charge on any atom is -0.486 e. The van der Waals surface area contributed by atoms with Crippen molar-refractivity contribution >= 4 is 17.4 Å². The number of carboxylic acids is 1. The third-order valence-corrected chi connectivity index (χ3v) is 8.38. The van der Waals surface area contributed by atoms with E-state index in [9.17, 15) is 9.90 Å². The van der Waals surface area contributed by atoms with Crippen LogP contribution in [0.25, 0.3) is 28.0 Å². The Morgan fingerprint density at radius 1 is 1.16 bits per heavy atom. The maximum Gasteiger partial charge on any atom is 0.337 e. The van der Waals surface area contributed by atoms with Gasteiger partial charge in [0.25, 0.3) is 0 Å². The summed E-state index contributed by atoms with van der Waals surface area (Å²) >= 11 is 0. The number of aromatic nitrogens is 4. The van der Waals surface area contributed by atoms with Crippen LogP contribution in [0.15, 0.2) is 60.9 Å². The number of aliphatic carboxylic acids is 1. The van der Waals surface area contributed by atoms with Crippen LogP contribution in [-0.2, 0) is 14.3 Å². The lowest BCUT2D eigenvalue weighted by Gasteiger charge is -2.41. The van der Waals surface area contributed by atoms with Gasteiger partial charge in [0.2, 0.25) is 0 Å². The van der Waals surface area contributed by atoms with Gasteiger partial charge in [-0.2, -0.15) is 9.61 Å². The van der Waals surface area contributed by atoms with E-state index >= 15 is 0 Å². The Kier molecular flexibility index (Phi) is 8.13. The van der Waals surface area contributed by atoms with Crippen LogP contribution in [0.5, 0.6) is 5.75 Å². The molecule has 1 aromatic carbocycles. The molecule has 2 atom stereocenters. The Morgan fingerprint density at radius 2 is 1.91 bits per heavy atom. The Bertz CT molecular complexity index is 1750. The summed E-state index contributed by atoms with van der Waals surface area (Å²) in [6.45, 7) is 13.3. The lowest BCUT2D eigenvalue weighted by atomic mass is 9.92. The van der Waals surface area contributed by atoms with Crippen LogP contribution in [0, 0.1) is 6.92 Å². The van der Waals surface area contributed by atoms with Crippen LogP contribution in [0.4, 0.5) is 5.82 Å². The lowest BCUT2D eigenvalue weighted by Crippen LogP contribution is -2.45. The fourth-order valence-corrected chi connectivity index (χ4v) is 6.07. The van der Waals surface area contributed by atoms with Crippen molar-refractivity contribution < 1.29 is 24.1 Å². The molecule has 3 aromatic heterocycles. The quantitative estimate of drug-likeness (QED) is 0.262. The topological polar surface area (TPSA) is 111 Å². The average Bonchev–Trinajstić information content (AvgIpc) is 3.41. The molecule has 10 nitrogen and oxygen atoms in total. The highest BCUT2D eigenvalue weighted by atomic mass is 16.5. The van der Waals surface area contributed by atoms with Gasteiger partial charge in [-0.1, -0.05) is 24.3 Å². The Morgan fingerprint density at radius 3 is 2.64 bits per heavy atom. The van der Waals surface area contributed by atoms with E-state index in [0.29, 0.717) is 42.4 Å². The summed E-state index contributed by atoms with van der Waals surface area (Å²) in [5.74, 6) is 0.351. The number of nitrogens with zero attached hydrogens (tertiary/aromatic N) is 5. The molecule has 1 N–H and O–H groups in total. The Hall–Kier alpha value is -4.28. The summed E-state index contributed by atoms with van der Waals surface area (Å²) in [4.78, 5) is 24.2. The van der Waals surface area contributed by atoms with Gasteiger partial charge in [0.15, 0.2) is 11.8 Å². The molecule has 6 bridgehead atoms. The van der Waals surface area contributed by atoms with Gasteiger partial charge in [0, 0.05) is 48.4 Å². The second kappa shape index (κ2) is 11.9. The van der Waals surface area contributed by atoms with Crippen molar-refractivity contribution in [3.05, 3.63) is 72.2 Å². The van der Waals surface area contributed by atoms with Gasteiger partial charge in [0.05, 0.1) is 29.1 Å². The molecule has 0 unspecified atom stereocenters. The van der Waals surface area contributed by atoms with E-state index in [1.165, 1.54) is 0 Å². The van der Waals surface area contributed by atoms with E-state index in [4.69, 9.17) is 24.3 Å². The number of benzene rings is 1. The van der Waals surface area contributed by atoms with Gasteiger partial charge in [-0.25, -0.2) is 9.78 Å². The smallest absolute Gasteiger partial charge is 0.337 e. The maximum atomic E-state index is 12.8. The summed E-state index contributed by atoms with van der Waals surface area (Å²) in [5, 5.41) is 15.5. The minimum absolute atomic E-state index is 0.171. The van der Waals surface area contributed by atoms with Crippen molar-refractivity contribution in [1.82, 2.24) is 19.6 Å². The highest BCUT2D eigenvalue weighted by molar-refractivity contribution is 5.80. The van der Waals surface area contributed by atoms with Gasteiger partial charge in [-0.05, 0) is 78.2 Å². The molecule has 0 aliphatic carbocycles. The number of carbonyl (C=O) groups is 1. The normalized spacial score (nSPS) is 21.8. The number of piperidine rings is 1. The molecule has 1 saturated heterocycles. The van der Waals surface area contributed by atoms with Crippen molar-refractivity contribution in [3.63, 3.8) is 0 Å². The van der Waals surface area contributed by atoms with E-state index in [1.807, 2.05) is 83.3 Å². The highest BCUT2D eigenvalue weighted by Crippen LogP contribution is 2.39. The number of ether oxygens (including phenoxy) is 3.